The van der Waals surface area contributed by atoms with Crippen LogP contribution in [0.1, 0.15) is 83.0 Å². The fourth-order valence-corrected chi connectivity index (χ4v) is 7.75. The summed E-state index contributed by atoms with van der Waals surface area (Å²) in [6, 6.07) is 25.2. The molecule has 1 unspecified atom stereocenters. The molecule has 3 aromatic carbocycles. The maximum atomic E-state index is 13.2. The minimum Gasteiger partial charge on any atom is -0.381 e. The summed E-state index contributed by atoms with van der Waals surface area (Å²) in [6.07, 6.45) is 6.97. The van der Waals surface area contributed by atoms with Gasteiger partial charge in [-0.25, -0.2) is 4.98 Å². The summed E-state index contributed by atoms with van der Waals surface area (Å²) in [7, 11) is 0. The van der Waals surface area contributed by atoms with Crippen LogP contribution in [0.5, 0.6) is 0 Å². The second kappa shape index (κ2) is 14.5. The Morgan fingerprint density at radius 3 is 2.47 bits per heavy atom. The van der Waals surface area contributed by atoms with E-state index in [1.807, 2.05) is 47.0 Å². The number of nitrogens with zero attached hydrogens (tertiary/aromatic N) is 4. The van der Waals surface area contributed by atoms with Crippen LogP contribution in [-0.2, 0) is 29.1 Å². The number of hydrogen-bond acceptors (Lipinski definition) is 8. The van der Waals surface area contributed by atoms with Crippen molar-refractivity contribution in [3.05, 3.63) is 113 Å². The minimum atomic E-state index is -0.647. The van der Waals surface area contributed by atoms with Crippen LogP contribution >= 0.6 is 0 Å². The van der Waals surface area contributed by atoms with E-state index in [1.54, 1.807) is 17.2 Å². The van der Waals surface area contributed by atoms with Crippen LogP contribution in [0.3, 0.4) is 0 Å². The van der Waals surface area contributed by atoms with E-state index in [9.17, 15) is 19.2 Å². The van der Waals surface area contributed by atoms with Gasteiger partial charge >= 0.3 is 0 Å². The van der Waals surface area contributed by atoms with Crippen molar-refractivity contribution in [1.29, 1.82) is 0 Å². The van der Waals surface area contributed by atoms with Gasteiger partial charge in [-0.2, -0.15) is 9.61 Å². The molecule has 5 aromatic rings. The molecule has 12 heteroatoms. The van der Waals surface area contributed by atoms with Crippen LogP contribution < -0.4 is 21.3 Å². The number of fused-ring (bicyclic) bond motifs is 2. The van der Waals surface area contributed by atoms with Crippen molar-refractivity contribution in [2.45, 2.75) is 83.1 Å². The van der Waals surface area contributed by atoms with Gasteiger partial charge in [0.2, 0.25) is 11.8 Å². The van der Waals surface area contributed by atoms with Crippen molar-refractivity contribution < 1.29 is 19.2 Å². The molecule has 2 aliphatic heterocycles. The van der Waals surface area contributed by atoms with Crippen molar-refractivity contribution in [1.82, 2.24) is 30.1 Å². The molecule has 0 radical (unpaired) electrons. The number of rotatable bonds is 11. The van der Waals surface area contributed by atoms with E-state index in [0.29, 0.717) is 30.6 Å². The maximum Gasteiger partial charge on any atom is 0.255 e. The highest BCUT2D eigenvalue weighted by Crippen LogP contribution is 2.33. The average molecular weight is 711 g/mol. The second-order valence-corrected chi connectivity index (χ2v) is 14.2. The number of anilines is 2. The molecule has 2 fully saturated rings. The highest BCUT2D eigenvalue weighted by molar-refractivity contribution is 6.06. The Morgan fingerprint density at radius 2 is 1.70 bits per heavy atom. The normalized spacial score (nSPS) is 19.7. The standard InChI is InChI=1S/C41H42N8O4/c1-2-4-29-22-37(49-36(44-29)19-20-43-49)45-30-15-16-31(21-30)46-39(51)28-13-11-27(12-14-28)26-9-7-25(8-10-26)23-42-34-6-3-5-32-33(34)24-48(41(32)53)35-17-18-38(50)47-40(35)52/h3,5-14,19-20,22,30-31,35,42,45H,2,4,15-18,21,23-24H2,1H3,(H,46,51)(H,47,50,52)/t30-,31-,35?/m1/s1. The zero-order chi connectivity index (χ0) is 36.5. The first kappa shape index (κ1) is 34.1. The van der Waals surface area contributed by atoms with Crippen LogP contribution in [0.15, 0.2) is 85.1 Å². The Balaban J connectivity index is 0.843. The second-order valence-electron chi connectivity index (χ2n) is 14.2. The van der Waals surface area contributed by atoms with Gasteiger partial charge in [-0.1, -0.05) is 55.8 Å². The third kappa shape index (κ3) is 7.09. The Morgan fingerprint density at radius 1 is 0.925 bits per heavy atom. The Bertz CT molecular complexity index is 2200. The van der Waals surface area contributed by atoms with Gasteiger partial charge in [-0.3, -0.25) is 24.5 Å². The molecule has 2 aromatic heterocycles. The molecular formula is C41H42N8O4. The molecule has 4 heterocycles. The van der Waals surface area contributed by atoms with Gasteiger partial charge in [-0.15, -0.1) is 0 Å². The highest BCUT2D eigenvalue weighted by Gasteiger charge is 2.39. The largest absolute Gasteiger partial charge is 0.381 e. The number of nitrogens with one attached hydrogen (secondary N) is 4. The Kier molecular flexibility index (Phi) is 9.34. The molecule has 1 saturated carbocycles. The number of aryl methyl sites for hydroxylation is 1. The number of amides is 4. The molecule has 270 valence electrons. The van der Waals surface area contributed by atoms with E-state index in [2.05, 4.69) is 63.6 Å². The van der Waals surface area contributed by atoms with Crippen molar-refractivity contribution >= 4 is 40.8 Å². The molecular weight excluding hydrogens is 669 g/mol. The number of carbonyl (C=O) groups excluding carboxylic acids is 4. The van der Waals surface area contributed by atoms with Gasteiger partial charge in [-0.05, 0) is 73.1 Å². The van der Waals surface area contributed by atoms with Crippen molar-refractivity contribution in [3.63, 3.8) is 0 Å². The minimum absolute atomic E-state index is 0.0680. The number of imide groups is 1. The Labute approximate surface area is 307 Å². The first-order chi connectivity index (χ1) is 25.8. The molecule has 3 aliphatic rings. The lowest BCUT2D eigenvalue weighted by Crippen LogP contribution is -2.52. The summed E-state index contributed by atoms with van der Waals surface area (Å²) in [4.78, 5) is 56.7. The van der Waals surface area contributed by atoms with Crippen molar-refractivity contribution in [2.75, 3.05) is 10.6 Å². The fourth-order valence-electron chi connectivity index (χ4n) is 7.75. The van der Waals surface area contributed by atoms with Gasteiger partial charge in [0.1, 0.15) is 11.9 Å². The first-order valence-corrected chi connectivity index (χ1v) is 18.4. The number of carbonyl (C=O) groups is 4. The number of benzene rings is 3. The summed E-state index contributed by atoms with van der Waals surface area (Å²) in [5, 5.41) is 17.2. The maximum absolute atomic E-state index is 13.2. The van der Waals surface area contributed by atoms with E-state index in [4.69, 9.17) is 4.98 Å². The van der Waals surface area contributed by atoms with E-state index in [-0.39, 0.29) is 36.2 Å². The third-order valence-corrected chi connectivity index (χ3v) is 10.5. The quantitative estimate of drug-likeness (QED) is 0.132. The van der Waals surface area contributed by atoms with Crippen LogP contribution in [0.25, 0.3) is 16.8 Å². The summed E-state index contributed by atoms with van der Waals surface area (Å²) >= 11 is 0. The lowest BCUT2D eigenvalue weighted by atomic mass is 10.0. The highest BCUT2D eigenvalue weighted by atomic mass is 16.2. The predicted molar refractivity (Wildman–Crippen MR) is 201 cm³/mol. The molecule has 12 nitrogen and oxygen atoms in total. The molecule has 4 amide bonds. The third-order valence-electron chi connectivity index (χ3n) is 10.5. The molecule has 8 rings (SSSR count). The van der Waals surface area contributed by atoms with Gasteiger partial charge in [0.25, 0.3) is 11.8 Å². The molecule has 0 bridgehead atoms. The van der Waals surface area contributed by atoms with Gasteiger partial charge in [0, 0.05) is 71.8 Å². The predicted octanol–water partition coefficient (Wildman–Crippen LogP) is 5.48. The van der Waals surface area contributed by atoms with Crippen LogP contribution in [0, 0.1) is 0 Å². The van der Waals surface area contributed by atoms with Gasteiger partial charge < -0.3 is 20.9 Å². The van der Waals surface area contributed by atoms with Gasteiger partial charge in [0.15, 0.2) is 5.65 Å². The molecule has 53 heavy (non-hydrogen) atoms. The smallest absolute Gasteiger partial charge is 0.255 e. The lowest BCUT2D eigenvalue weighted by molar-refractivity contribution is -0.136. The molecule has 1 saturated heterocycles. The number of aromatic nitrogens is 3. The topological polar surface area (TPSA) is 150 Å². The zero-order valence-electron chi connectivity index (χ0n) is 29.6. The van der Waals surface area contributed by atoms with E-state index >= 15 is 0 Å². The summed E-state index contributed by atoms with van der Waals surface area (Å²) < 4.78 is 1.85. The summed E-state index contributed by atoms with van der Waals surface area (Å²) in [5.74, 6) is -0.0319. The molecule has 0 spiro atoms. The monoisotopic (exact) mass is 710 g/mol. The fraction of sp³-hybridized carbons (Fsp3) is 0.317. The van der Waals surface area contributed by atoms with Crippen LogP contribution in [0.4, 0.5) is 11.5 Å². The number of hydrogen-bond donors (Lipinski definition) is 4. The molecule has 4 N–H and O–H groups in total. The van der Waals surface area contributed by atoms with Crippen molar-refractivity contribution in [2.24, 2.45) is 0 Å². The first-order valence-electron chi connectivity index (χ1n) is 18.4. The van der Waals surface area contributed by atoms with Crippen molar-refractivity contribution in [3.8, 4) is 11.1 Å². The summed E-state index contributed by atoms with van der Waals surface area (Å²) in [5.41, 5.74) is 7.93. The van der Waals surface area contributed by atoms with E-state index in [0.717, 1.165) is 77.2 Å². The van der Waals surface area contributed by atoms with Crippen LogP contribution in [0.2, 0.25) is 0 Å². The average Bonchev–Trinajstić information content (AvgIpc) is 3.91. The van der Waals surface area contributed by atoms with Crippen LogP contribution in [-0.4, -0.2) is 61.3 Å². The zero-order valence-corrected chi connectivity index (χ0v) is 29.6. The number of piperidine rings is 1. The Hall–Kier alpha value is -6.04. The summed E-state index contributed by atoms with van der Waals surface area (Å²) in [6.45, 7) is 3.02. The SMILES string of the molecule is CCCc1cc(N[C@@H]2CC[C@@H](NC(=O)c3ccc(-c4ccc(CNc5cccc6c5CN(C5CCC(=O)NC5=O)C6=O)cc4)cc3)C2)n2nccc2n1. The van der Waals surface area contributed by atoms with E-state index in [1.165, 1.54) is 0 Å². The molecule has 1 aliphatic carbocycles. The lowest BCUT2D eigenvalue weighted by Gasteiger charge is -2.29. The molecule has 3 atom stereocenters. The van der Waals surface area contributed by atoms with Gasteiger partial charge in [0.05, 0.1) is 6.20 Å². The van der Waals surface area contributed by atoms with E-state index < -0.39 is 11.9 Å².